The molecule has 0 saturated heterocycles. The fourth-order valence-corrected chi connectivity index (χ4v) is 4.53. The van der Waals surface area contributed by atoms with Crippen molar-refractivity contribution >= 4 is 33.2 Å². The minimum Gasteiger partial charge on any atom is -0.496 e. The van der Waals surface area contributed by atoms with Gasteiger partial charge >= 0.3 is 0 Å². The Labute approximate surface area is 208 Å². The van der Waals surface area contributed by atoms with Crippen LogP contribution in [-0.4, -0.2) is 47.3 Å². The molecule has 186 valence electrons. The van der Waals surface area contributed by atoms with Gasteiger partial charge in [0.05, 0.1) is 32.8 Å². The van der Waals surface area contributed by atoms with E-state index in [1.165, 1.54) is 51.7 Å². The zero-order chi connectivity index (χ0) is 25.6. The number of halogens is 1. The lowest BCUT2D eigenvalue weighted by Crippen LogP contribution is -2.33. The number of nitrogens with one attached hydrogen (secondary N) is 2. The second-order valence-corrected chi connectivity index (χ2v) is 9.47. The minimum absolute atomic E-state index is 0.0956. The summed E-state index contributed by atoms with van der Waals surface area (Å²) in [4.78, 5) is 12.5. The maximum Gasteiger partial charge on any atom is 0.241 e. The highest BCUT2D eigenvalue weighted by molar-refractivity contribution is 7.89. The molecule has 1 amide bonds. The van der Waals surface area contributed by atoms with Gasteiger partial charge in [0.1, 0.15) is 11.9 Å². The molecule has 3 aromatic rings. The number of anilines is 1. The molecule has 3 aromatic carbocycles. The summed E-state index contributed by atoms with van der Waals surface area (Å²) in [6.07, 6.45) is -1.16. The van der Waals surface area contributed by atoms with Crippen LogP contribution in [0.2, 0.25) is 5.02 Å². The summed E-state index contributed by atoms with van der Waals surface area (Å²) in [6.45, 7) is -0.552. The van der Waals surface area contributed by atoms with Crippen LogP contribution < -0.4 is 24.2 Å². The Bertz CT molecular complexity index is 1310. The van der Waals surface area contributed by atoms with Crippen molar-refractivity contribution < 1.29 is 32.5 Å². The lowest BCUT2D eigenvalue weighted by Gasteiger charge is -2.19. The number of sulfonamides is 1. The normalized spacial score (nSPS) is 12.0. The molecule has 0 fully saturated rings. The van der Waals surface area contributed by atoms with Crippen LogP contribution in [0.4, 0.5) is 5.69 Å². The number of hydrogen-bond donors (Lipinski definition) is 3. The van der Waals surface area contributed by atoms with Crippen LogP contribution in [0.15, 0.2) is 65.6 Å². The Balaban J connectivity index is 1.77. The molecule has 0 aliphatic carbocycles. The Morgan fingerprint density at radius 2 is 1.60 bits per heavy atom. The van der Waals surface area contributed by atoms with E-state index in [4.69, 9.17) is 25.8 Å². The third-order valence-corrected chi connectivity index (χ3v) is 6.74. The maximum absolute atomic E-state index is 12.7. The molecule has 1 unspecified atom stereocenters. The number of benzene rings is 3. The first kappa shape index (κ1) is 26.3. The highest BCUT2D eigenvalue weighted by atomic mass is 35.5. The van der Waals surface area contributed by atoms with Crippen LogP contribution in [0.3, 0.4) is 0 Å². The molecule has 11 heteroatoms. The molecule has 35 heavy (non-hydrogen) atoms. The quantitative estimate of drug-likeness (QED) is 0.374. The van der Waals surface area contributed by atoms with Gasteiger partial charge in [-0.25, -0.2) is 13.1 Å². The number of aliphatic hydroxyl groups is 1. The zero-order valence-electron chi connectivity index (χ0n) is 19.2. The fraction of sp³-hybridized carbons (Fsp3) is 0.208. The number of aliphatic hydroxyl groups excluding tert-OH is 1. The third-order valence-electron chi connectivity index (χ3n) is 5.10. The highest BCUT2D eigenvalue weighted by Crippen LogP contribution is 2.35. The Hall–Kier alpha value is -3.31. The first-order chi connectivity index (χ1) is 16.7. The number of para-hydroxylation sites is 1. The van der Waals surface area contributed by atoms with Crippen LogP contribution in [0.25, 0.3) is 0 Å². The molecular weight excluding hydrogens is 496 g/mol. The summed E-state index contributed by atoms with van der Waals surface area (Å²) in [6, 6.07) is 15.6. The molecule has 0 bridgehead atoms. The SMILES string of the molecule is COc1ccc(S(=O)(=O)NCC(=O)Nc2ccc(Cl)cc2C(O)c2ccccc2OC)cc1OC. The number of carbonyl (C=O) groups is 1. The Morgan fingerprint density at radius 3 is 2.29 bits per heavy atom. The van der Waals surface area contributed by atoms with Gasteiger partial charge in [-0.15, -0.1) is 0 Å². The number of ether oxygens (including phenoxy) is 3. The lowest BCUT2D eigenvalue weighted by molar-refractivity contribution is -0.115. The number of hydrogen-bond acceptors (Lipinski definition) is 7. The predicted octanol–water partition coefficient (Wildman–Crippen LogP) is 3.36. The van der Waals surface area contributed by atoms with E-state index in [2.05, 4.69) is 10.0 Å². The van der Waals surface area contributed by atoms with E-state index >= 15 is 0 Å². The van der Waals surface area contributed by atoms with Gasteiger partial charge in [0.2, 0.25) is 15.9 Å². The summed E-state index contributed by atoms with van der Waals surface area (Å²) < 4.78 is 43.2. The van der Waals surface area contributed by atoms with E-state index in [0.717, 1.165) is 0 Å². The average Bonchev–Trinajstić information content (AvgIpc) is 2.87. The molecule has 0 aliphatic rings. The summed E-state index contributed by atoms with van der Waals surface area (Å²) in [5, 5.41) is 14.0. The minimum atomic E-state index is -4.02. The molecule has 9 nitrogen and oxygen atoms in total. The molecule has 3 rings (SSSR count). The molecule has 3 N–H and O–H groups in total. The van der Waals surface area contributed by atoms with Crippen LogP contribution in [0.1, 0.15) is 17.2 Å². The molecule has 1 atom stereocenters. The van der Waals surface area contributed by atoms with Crippen molar-refractivity contribution in [3.63, 3.8) is 0 Å². The van der Waals surface area contributed by atoms with Gasteiger partial charge in [-0.2, -0.15) is 0 Å². The first-order valence-corrected chi connectivity index (χ1v) is 12.2. The van der Waals surface area contributed by atoms with Crippen molar-refractivity contribution in [2.75, 3.05) is 33.2 Å². The van der Waals surface area contributed by atoms with Crippen molar-refractivity contribution in [2.45, 2.75) is 11.0 Å². The Morgan fingerprint density at radius 1 is 0.914 bits per heavy atom. The third kappa shape index (κ3) is 6.23. The van der Waals surface area contributed by atoms with Crippen LogP contribution in [0, 0.1) is 0 Å². The van der Waals surface area contributed by atoms with Gasteiger partial charge in [-0.3, -0.25) is 4.79 Å². The number of carbonyl (C=O) groups excluding carboxylic acids is 1. The molecule has 0 aromatic heterocycles. The maximum atomic E-state index is 12.7. The van der Waals surface area contributed by atoms with Crippen LogP contribution in [0.5, 0.6) is 17.2 Å². The number of rotatable bonds is 10. The first-order valence-electron chi connectivity index (χ1n) is 10.3. The van der Waals surface area contributed by atoms with E-state index in [0.29, 0.717) is 27.6 Å². The van der Waals surface area contributed by atoms with E-state index in [1.807, 2.05) is 0 Å². The molecule has 0 heterocycles. The van der Waals surface area contributed by atoms with Gasteiger partial charge in [0.15, 0.2) is 11.5 Å². The summed E-state index contributed by atoms with van der Waals surface area (Å²) in [5.74, 6) is 0.411. The summed E-state index contributed by atoms with van der Waals surface area (Å²) >= 11 is 6.13. The lowest BCUT2D eigenvalue weighted by atomic mass is 9.99. The fourth-order valence-electron chi connectivity index (χ4n) is 3.36. The van der Waals surface area contributed by atoms with Gasteiger partial charge in [0, 0.05) is 27.9 Å². The van der Waals surface area contributed by atoms with Crippen molar-refractivity contribution in [3.8, 4) is 17.2 Å². The van der Waals surface area contributed by atoms with E-state index in [9.17, 15) is 18.3 Å². The van der Waals surface area contributed by atoms with Crippen LogP contribution >= 0.6 is 11.6 Å². The second-order valence-electron chi connectivity index (χ2n) is 7.27. The van der Waals surface area contributed by atoms with Gasteiger partial charge < -0.3 is 24.6 Å². The largest absolute Gasteiger partial charge is 0.496 e. The summed E-state index contributed by atoms with van der Waals surface area (Å²) in [7, 11) is 0.281. The zero-order valence-corrected chi connectivity index (χ0v) is 20.8. The molecule has 0 aliphatic heterocycles. The summed E-state index contributed by atoms with van der Waals surface area (Å²) in [5.41, 5.74) is 1.06. The van der Waals surface area contributed by atoms with Crippen molar-refractivity contribution in [1.82, 2.24) is 4.72 Å². The monoisotopic (exact) mass is 520 g/mol. The van der Waals surface area contributed by atoms with E-state index in [-0.39, 0.29) is 16.3 Å². The van der Waals surface area contributed by atoms with Crippen LogP contribution in [-0.2, 0) is 14.8 Å². The van der Waals surface area contributed by atoms with E-state index < -0.39 is 28.6 Å². The van der Waals surface area contributed by atoms with Gasteiger partial charge in [0.25, 0.3) is 0 Å². The smallest absolute Gasteiger partial charge is 0.241 e. The molecule has 0 radical (unpaired) electrons. The van der Waals surface area contributed by atoms with Crippen molar-refractivity contribution in [1.29, 1.82) is 0 Å². The van der Waals surface area contributed by atoms with Gasteiger partial charge in [-0.1, -0.05) is 29.8 Å². The second kappa shape index (κ2) is 11.4. The average molecular weight is 521 g/mol. The topological polar surface area (TPSA) is 123 Å². The predicted molar refractivity (Wildman–Crippen MR) is 132 cm³/mol. The molecular formula is C24H25ClN2O7S. The number of amides is 1. The Kier molecular flexibility index (Phi) is 8.57. The van der Waals surface area contributed by atoms with Gasteiger partial charge in [-0.05, 0) is 36.4 Å². The highest BCUT2D eigenvalue weighted by Gasteiger charge is 2.22. The van der Waals surface area contributed by atoms with Crippen molar-refractivity contribution in [2.24, 2.45) is 0 Å². The molecule has 0 saturated carbocycles. The van der Waals surface area contributed by atoms with E-state index in [1.54, 1.807) is 30.3 Å². The standard InChI is InChI=1S/C24H25ClN2O7S/c1-32-20-7-5-4-6-17(20)24(29)18-12-15(25)8-10-19(18)27-23(28)14-26-35(30,31)16-9-11-21(33-2)22(13-16)34-3/h4-13,24,26,29H,14H2,1-3H3,(H,27,28). The number of methoxy groups -OCH3 is 3. The molecule has 0 spiro atoms. The van der Waals surface area contributed by atoms with Crippen molar-refractivity contribution in [3.05, 3.63) is 76.8 Å².